The topological polar surface area (TPSA) is 76.2 Å². The minimum absolute atomic E-state index is 0.296. The van der Waals surface area contributed by atoms with E-state index in [0.717, 1.165) is 28.8 Å². The minimum atomic E-state index is -1.08. The number of benzene rings is 2. The number of ether oxygens (including phenoxy) is 3. The van der Waals surface area contributed by atoms with Crippen LogP contribution >= 0.6 is 35.0 Å². The minimum Gasteiger partial charge on any atom is -0.491 e. The lowest BCUT2D eigenvalue weighted by molar-refractivity contribution is -0.189. The van der Waals surface area contributed by atoms with Gasteiger partial charge < -0.3 is 18.8 Å². The molecular weight excluding hydrogens is 521 g/mol. The Balaban J connectivity index is 1.26. The van der Waals surface area contributed by atoms with Gasteiger partial charge >= 0.3 is 0 Å². The lowest BCUT2D eigenvalue weighted by Gasteiger charge is -2.30. The standard InChI is InChI=1S/C25H25Cl2N5O3S/c1-2-11-36-24-30-29-17-32(24)19-4-6-20(7-5-19)33-13-21-14-34-25(35-21,15-31-10-9-28-16-31)22-8-3-18(26)12-23(22)27/h3-10,12,16-17,21H,2,11,13-15H2,1H3/t21-,25-/m1/s1. The van der Waals surface area contributed by atoms with E-state index in [2.05, 4.69) is 22.1 Å². The molecule has 1 saturated heterocycles. The molecule has 0 N–H and O–H groups in total. The average molecular weight is 546 g/mol. The predicted octanol–water partition coefficient (Wildman–Crippen LogP) is 5.62. The normalized spacial score (nSPS) is 19.6. The quantitative estimate of drug-likeness (QED) is 0.239. The van der Waals surface area contributed by atoms with E-state index in [1.165, 1.54) is 0 Å². The number of imidazole rings is 1. The smallest absolute Gasteiger partial charge is 0.215 e. The second-order valence-corrected chi connectivity index (χ2v) is 10.2. The van der Waals surface area contributed by atoms with Gasteiger partial charge in [-0.15, -0.1) is 10.2 Å². The van der Waals surface area contributed by atoms with Crippen LogP contribution in [0.1, 0.15) is 18.9 Å². The summed E-state index contributed by atoms with van der Waals surface area (Å²) in [5.41, 5.74) is 1.68. The molecule has 1 aliphatic rings. The van der Waals surface area contributed by atoms with Crippen molar-refractivity contribution in [2.45, 2.75) is 36.9 Å². The number of aromatic nitrogens is 5. The zero-order valence-corrected chi connectivity index (χ0v) is 21.9. The van der Waals surface area contributed by atoms with Gasteiger partial charge in [0.1, 0.15) is 24.8 Å². The van der Waals surface area contributed by atoms with Gasteiger partial charge in [0.15, 0.2) is 5.16 Å². The second kappa shape index (κ2) is 11.2. The zero-order chi connectivity index (χ0) is 25.0. The third-order valence-corrected chi connectivity index (χ3v) is 7.35. The van der Waals surface area contributed by atoms with E-state index in [0.29, 0.717) is 35.4 Å². The van der Waals surface area contributed by atoms with Crippen molar-refractivity contribution in [2.75, 3.05) is 19.0 Å². The summed E-state index contributed by atoms with van der Waals surface area (Å²) >= 11 is 14.4. The van der Waals surface area contributed by atoms with Crippen LogP contribution < -0.4 is 4.74 Å². The van der Waals surface area contributed by atoms with Crippen LogP contribution in [0.25, 0.3) is 5.69 Å². The Kier molecular flexibility index (Phi) is 7.83. The number of hydrogen-bond donors (Lipinski definition) is 0. The lowest BCUT2D eigenvalue weighted by Crippen LogP contribution is -2.34. The Morgan fingerprint density at radius 3 is 2.78 bits per heavy atom. The molecule has 0 amide bonds. The van der Waals surface area contributed by atoms with Gasteiger partial charge in [-0.05, 0) is 42.8 Å². The highest BCUT2D eigenvalue weighted by molar-refractivity contribution is 7.99. The summed E-state index contributed by atoms with van der Waals surface area (Å²) in [4.78, 5) is 4.13. The summed E-state index contributed by atoms with van der Waals surface area (Å²) in [6.07, 6.45) is 7.78. The highest BCUT2D eigenvalue weighted by Gasteiger charge is 2.45. The van der Waals surface area contributed by atoms with Gasteiger partial charge in [0.2, 0.25) is 5.79 Å². The molecule has 0 unspecified atom stereocenters. The summed E-state index contributed by atoms with van der Waals surface area (Å²) in [5, 5.41) is 10.2. The van der Waals surface area contributed by atoms with E-state index in [-0.39, 0.29) is 6.10 Å². The van der Waals surface area contributed by atoms with Crippen molar-refractivity contribution in [3.8, 4) is 11.4 Å². The summed E-state index contributed by atoms with van der Waals surface area (Å²) in [6.45, 7) is 3.20. The van der Waals surface area contributed by atoms with Crippen LogP contribution in [-0.2, 0) is 21.8 Å². The van der Waals surface area contributed by atoms with Gasteiger partial charge in [0.05, 0.1) is 24.5 Å². The van der Waals surface area contributed by atoms with Gasteiger partial charge in [-0.1, -0.05) is 48.0 Å². The molecule has 5 rings (SSSR count). The number of rotatable bonds is 10. The summed E-state index contributed by atoms with van der Waals surface area (Å²) < 4.78 is 22.6. The Morgan fingerprint density at radius 1 is 1.17 bits per heavy atom. The van der Waals surface area contributed by atoms with Crippen molar-refractivity contribution in [2.24, 2.45) is 0 Å². The lowest BCUT2D eigenvalue weighted by atomic mass is 10.1. The van der Waals surface area contributed by atoms with E-state index in [1.54, 1.807) is 42.7 Å². The second-order valence-electron chi connectivity index (χ2n) is 8.30. The molecule has 3 heterocycles. The van der Waals surface area contributed by atoms with Gasteiger partial charge in [-0.3, -0.25) is 4.57 Å². The van der Waals surface area contributed by atoms with Gasteiger partial charge in [0, 0.05) is 34.4 Å². The number of thioether (sulfide) groups is 1. The van der Waals surface area contributed by atoms with Crippen LogP contribution in [0.3, 0.4) is 0 Å². The first kappa shape index (κ1) is 25.1. The van der Waals surface area contributed by atoms with E-state index in [9.17, 15) is 0 Å². The highest BCUT2D eigenvalue weighted by atomic mass is 35.5. The Bertz CT molecular complexity index is 1290. The molecule has 1 aliphatic heterocycles. The maximum absolute atomic E-state index is 6.54. The average Bonchev–Trinajstić information content (AvgIpc) is 3.64. The fraction of sp³-hybridized carbons (Fsp3) is 0.320. The zero-order valence-electron chi connectivity index (χ0n) is 19.6. The van der Waals surface area contributed by atoms with Crippen LogP contribution in [-0.4, -0.2) is 49.4 Å². The first-order valence-electron chi connectivity index (χ1n) is 11.6. The Morgan fingerprint density at radius 2 is 2.03 bits per heavy atom. The SMILES string of the molecule is CCCSc1nncn1-c1ccc(OC[C@@H]2CO[C@@](Cn3ccnc3)(c3ccc(Cl)cc3Cl)O2)cc1. The molecule has 8 nitrogen and oxygen atoms in total. The van der Waals surface area contributed by atoms with Crippen LogP contribution in [0.15, 0.2) is 72.7 Å². The van der Waals surface area contributed by atoms with Crippen molar-refractivity contribution in [3.63, 3.8) is 0 Å². The molecule has 188 valence electrons. The van der Waals surface area contributed by atoms with Crippen molar-refractivity contribution in [1.29, 1.82) is 0 Å². The third kappa shape index (κ3) is 5.55. The molecule has 2 aromatic heterocycles. The van der Waals surface area contributed by atoms with Crippen molar-refractivity contribution in [1.82, 2.24) is 24.3 Å². The maximum atomic E-state index is 6.54. The van der Waals surface area contributed by atoms with Crippen LogP contribution in [0.5, 0.6) is 5.75 Å². The molecule has 0 saturated carbocycles. The fourth-order valence-corrected chi connectivity index (χ4v) is 5.30. The van der Waals surface area contributed by atoms with Crippen molar-refractivity contribution >= 4 is 35.0 Å². The van der Waals surface area contributed by atoms with Crippen LogP contribution in [0.4, 0.5) is 0 Å². The Labute approximate surface area is 223 Å². The van der Waals surface area contributed by atoms with Crippen LogP contribution in [0, 0.1) is 0 Å². The number of hydrogen-bond acceptors (Lipinski definition) is 7. The van der Waals surface area contributed by atoms with E-state index >= 15 is 0 Å². The first-order valence-corrected chi connectivity index (χ1v) is 13.3. The summed E-state index contributed by atoms with van der Waals surface area (Å²) in [5.74, 6) is 0.642. The maximum Gasteiger partial charge on any atom is 0.215 e. The first-order chi connectivity index (χ1) is 17.6. The van der Waals surface area contributed by atoms with Crippen molar-refractivity contribution in [3.05, 3.63) is 83.1 Å². The summed E-state index contributed by atoms with van der Waals surface area (Å²) in [7, 11) is 0. The number of nitrogens with zero attached hydrogens (tertiary/aromatic N) is 5. The molecule has 0 radical (unpaired) electrons. The largest absolute Gasteiger partial charge is 0.491 e. The van der Waals surface area contributed by atoms with Crippen LogP contribution in [0.2, 0.25) is 10.0 Å². The van der Waals surface area contributed by atoms with Gasteiger partial charge in [-0.25, -0.2) is 4.98 Å². The molecule has 2 aromatic carbocycles. The van der Waals surface area contributed by atoms with E-state index in [1.807, 2.05) is 45.7 Å². The molecule has 0 aliphatic carbocycles. The van der Waals surface area contributed by atoms with Gasteiger partial charge in [0.25, 0.3) is 0 Å². The molecule has 0 spiro atoms. The Hall–Kier alpha value is -2.56. The predicted molar refractivity (Wildman–Crippen MR) is 139 cm³/mol. The molecule has 4 aromatic rings. The molecular formula is C25H25Cl2N5O3S. The summed E-state index contributed by atoms with van der Waals surface area (Å²) in [6, 6.07) is 13.1. The molecule has 36 heavy (non-hydrogen) atoms. The highest BCUT2D eigenvalue weighted by Crippen LogP contribution is 2.40. The monoisotopic (exact) mass is 545 g/mol. The van der Waals surface area contributed by atoms with Gasteiger partial charge in [-0.2, -0.15) is 0 Å². The van der Waals surface area contributed by atoms with E-state index in [4.69, 9.17) is 37.4 Å². The molecule has 11 heteroatoms. The molecule has 0 bridgehead atoms. The van der Waals surface area contributed by atoms with Crippen molar-refractivity contribution < 1.29 is 14.2 Å². The molecule has 1 fully saturated rings. The van der Waals surface area contributed by atoms with E-state index < -0.39 is 5.79 Å². The molecule has 2 atom stereocenters. The fourth-order valence-electron chi connectivity index (χ4n) is 3.96. The third-order valence-electron chi connectivity index (χ3n) is 5.65. The number of halogens is 2.